The molecule has 7 nitrogen and oxygen atoms in total. The number of rotatable bonds is 5. The summed E-state index contributed by atoms with van der Waals surface area (Å²) in [6.45, 7) is 0.893. The first-order chi connectivity index (χ1) is 11.5. The standard InChI is InChI=1S/C17H23N3O4/c1-18-11-16(22)19(8-9-24-2)13-17(23)20(12-15(18)21)10-14-6-4-3-5-7-14/h3-7H,8-13H2,1-2H3. The van der Waals surface area contributed by atoms with Crippen LogP contribution in [0.25, 0.3) is 0 Å². The summed E-state index contributed by atoms with van der Waals surface area (Å²) in [6.07, 6.45) is 0. The lowest BCUT2D eigenvalue weighted by Gasteiger charge is -2.25. The fraction of sp³-hybridized carbons (Fsp3) is 0.471. The average Bonchev–Trinajstić information content (AvgIpc) is 2.60. The van der Waals surface area contributed by atoms with Gasteiger partial charge in [-0.3, -0.25) is 14.4 Å². The normalized spacial score (nSPS) is 16.9. The fourth-order valence-corrected chi connectivity index (χ4v) is 2.47. The number of carbonyl (C=O) groups excluding carboxylic acids is 3. The van der Waals surface area contributed by atoms with E-state index < -0.39 is 0 Å². The summed E-state index contributed by atoms with van der Waals surface area (Å²) in [7, 11) is 3.12. The molecule has 1 saturated heterocycles. The molecule has 0 radical (unpaired) electrons. The second-order valence-corrected chi connectivity index (χ2v) is 5.79. The van der Waals surface area contributed by atoms with Crippen LogP contribution in [0.15, 0.2) is 30.3 Å². The molecule has 2 rings (SSSR count). The first-order valence-corrected chi connectivity index (χ1v) is 7.83. The molecule has 1 aromatic carbocycles. The third-order valence-corrected chi connectivity index (χ3v) is 3.94. The monoisotopic (exact) mass is 333 g/mol. The fourth-order valence-electron chi connectivity index (χ4n) is 2.47. The number of amides is 3. The van der Waals surface area contributed by atoms with Crippen LogP contribution in [-0.4, -0.2) is 79.4 Å². The van der Waals surface area contributed by atoms with Crippen molar-refractivity contribution in [1.29, 1.82) is 0 Å². The van der Waals surface area contributed by atoms with Gasteiger partial charge in [0.25, 0.3) is 0 Å². The van der Waals surface area contributed by atoms with Crippen LogP contribution >= 0.6 is 0 Å². The molecule has 0 bridgehead atoms. The zero-order valence-corrected chi connectivity index (χ0v) is 14.1. The number of hydrogen-bond donors (Lipinski definition) is 0. The largest absolute Gasteiger partial charge is 0.383 e. The van der Waals surface area contributed by atoms with Gasteiger partial charge in [-0.1, -0.05) is 30.3 Å². The van der Waals surface area contributed by atoms with Gasteiger partial charge in [0.05, 0.1) is 19.7 Å². The molecule has 1 heterocycles. The van der Waals surface area contributed by atoms with Gasteiger partial charge in [0.2, 0.25) is 17.7 Å². The molecule has 24 heavy (non-hydrogen) atoms. The molecule has 1 aromatic rings. The summed E-state index contributed by atoms with van der Waals surface area (Å²) in [5, 5.41) is 0. The van der Waals surface area contributed by atoms with Crippen molar-refractivity contribution in [2.45, 2.75) is 6.54 Å². The molecule has 7 heteroatoms. The van der Waals surface area contributed by atoms with Gasteiger partial charge < -0.3 is 19.4 Å². The molecule has 0 aliphatic carbocycles. The van der Waals surface area contributed by atoms with Gasteiger partial charge in [-0.25, -0.2) is 0 Å². The van der Waals surface area contributed by atoms with Crippen molar-refractivity contribution < 1.29 is 19.1 Å². The van der Waals surface area contributed by atoms with Crippen LogP contribution in [0.4, 0.5) is 0 Å². The van der Waals surface area contributed by atoms with Gasteiger partial charge in [0.1, 0.15) is 6.54 Å². The molecule has 0 atom stereocenters. The highest BCUT2D eigenvalue weighted by atomic mass is 16.5. The van der Waals surface area contributed by atoms with Crippen LogP contribution in [0.2, 0.25) is 0 Å². The van der Waals surface area contributed by atoms with Crippen molar-refractivity contribution in [3.63, 3.8) is 0 Å². The molecule has 0 N–H and O–H groups in total. The van der Waals surface area contributed by atoms with Crippen LogP contribution < -0.4 is 0 Å². The van der Waals surface area contributed by atoms with Gasteiger partial charge in [0.15, 0.2) is 0 Å². The van der Waals surface area contributed by atoms with Crippen molar-refractivity contribution in [1.82, 2.24) is 14.7 Å². The van der Waals surface area contributed by atoms with Crippen molar-refractivity contribution in [2.75, 3.05) is 46.9 Å². The SMILES string of the molecule is COCCN1CC(=O)N(Cc2ccccc2)CC(=O)N(C)CC1=O. The number of benzene rings is 1. The van der Waals surface area contributed by atoms with E-state index in [1.165, 1.54) is 14.7 Å². The van der Waals surface area contributed by atoms with E-state index in [1.807, 2.05) is 30.3 Å². The van der Waals surface area contributed by atoms with E-state index in [1.54, 1.807) is 14.2 Å². The van der Waals surface area contributed by atoms with Crippen LogP contribution in [-0.2, 0) is 25.7 Å². The van der Waals surface area contributed by atoms with Crippen molar-refractivity contribution in [3.05, 3.63) is 35.9 Å². The molecule has 0 saturated carbocycles. The second kappa shape index (κ2) is 8.44. The van der Waals surface area contributed by atoms with Crippen molar-refractivity contribution in [3.8, 4) is 0 Å². The van der Waals surface area contributed by atoms with Crippen molar-refractivity contribution in [2.24, 2.45) is 0 Å². The minimum absolute atomic E-state index is 0.0321. The maximum absolute atomic E-state index is 12.6. The number of hydrogen-bond acceptors (Lipinski definition) is 4. The summed E-state index contributed by atoms with van der Waals surface area (Å²) < 4.78 is 5.00. The predicted octanol–water partition coefficient (Wildman–Crippen LogP) is -0.0378. The van der Waals surface area contributed by atoms with E-state index in [0.717, 1.165) is 5.56 Å². The topological polar surface area (TPSA) is 70.2 Å². The summed E-state index contributed by atoms with van der Waals surface area (Å²) in [6, 6.07) is 9.48. The molecule has 3 amide bonds. The Balaban J connectivity index is 2.19. The van der Waals surface area contributed by atoms with Crippen LogP contribution in [0, 0.1) is 0 Å². The molecule has 0 unspecified atom stereocenters. The minimum atomic E-state index is -0.252. The Hall–Kier alpha value is -2.41. The highest BCUT2D eigenvalue weighted by molar-refractivity contribution is 5.92. The summed E-state index contributed by atoms with van der Waals surface area (Å²) >= 11 is 0. The second-order valence-electron chi connectivity index (χ2n) is 5.79. The molecule has 1 aliphatic rings. The number of methoxy groups -OCH3 is 1. The maximum atomic E-state index is 12.6. The molecule has 130 valence electrons. The number of nitrogens with zero attached hydrogens (tertiary/aromatic N) is 3. The Bertz CT molecular complexity index is 591. The number of likely N-dealkylation sites (N-methyl/N-ethyl adjacent to an activating group) is 1. The third-order valence-electron chi connectivity index (χ3n) is 3.94. The van der Waals surface area contributed by atoms with E-state index in [2.05, 4.69) is 0 Å². The lowest BCUT2D eigenvalue weighted by atomic mass is 10.2. The Morgan fingerprint density at radius 2 is 1.54 bits per heavy atom. The van der Waals surface area contributed by atoms with Gasteiger partial charge >= 0.3 is 0 Å². The van der Waals surface area contributed by atoms with E-state index in [4.69, 9.17) is 4.74 Å². The van der Waals surface area contributed by atoms with E-state index in [0.29, 0.717) is 19.7 Å². The van der Waals surface area contributed by atoms with Crippen molar-refractivity contribution >= 4 is 17.7 Å². The first kappa shape index (κ1) is 17.9. The highest BCUT2D eigenvalue weighted by Crippen LogP contribution is 2.08. The van der Waals surface area contributed by atoms with Gasteiger partial charge in [-0.2, -0.15) is 0 Å². The molecular weight excluding hydrogens is 310 g/mol. The smallest absolute Gasteiger partial charge is 0.242 e. The molecule has 1 aliphatic heterocycles. The minimum Gasteiger partial charge on any atom is -0.383 e. The Kier molecular flexibility index (Phi) is 6.31. The van der Waals surface area contributed by atoms with Crippen LogP contribution in [0.5, 0.6) is 0 Å². The third kappa shape index (κ3) is 4.79. The Morgan fingerprint density at radius 1 is 0.917 bits per heavy atom. The van der Waals surface area contributed by atoms with Gasteiger partial charge in [0, 0.05) is 27.2 Å². The first-order valence-electron chi connectivity index (χ1n) is 7.83. The zero-order chi connectivity index (χ0) is 17.5. The van der Waals surface area contributed by atoms with Gasteiger partial charge in [-0.15, -0.1) is 0 Å². The average molecular weight is 333 g/mol. The van der Waals surface area contributed by atoms with E-state index >= 15 is 0 Å². The number of ether oxygens (including phenoxy) is 1. The lowest BCUT2D eigenvalue weighted by molar-refractivity contribution is -0.140. The summed E-state index contributed by atoms with van der Waals surface area (Å²) in [5.74, 6) is -0.744. The van der Waals surface area contributed by atoms with E-state index in [9.17, 15) is 14.4 Å². The Labute approximate surface area is 141 Å². The van der Waals surface area contributed by atoms with E-state index in [-0.39, 0.29) is 37.4 Å². The summed E-state index contributed by atoms with van der Waals surface area (Å²) in [4.78, 5) is 41.5. The Morgan fingerprint density at radius 3 is 2.21 bits per heavy atom. The maximum Gasteiger partial charge on any atom is 0.242 e. The molecule has 1 fully saturated rings. The lowest BCUT2D eigenvalue weighted by Crippen LogP contribution is -2.44. The summed E-state index contributed by atoms with van der Waals surface area (Å²) in [5.41, 5.74) is 0.940. The predicted molar refractivity (Wildman–Crippen MR) is 88.0 cm³/mol. The van der Waals surface area contributed by atoms with Crippen LogP contribution in [0.1, 0.15) is 5.56 Å². The molecule has 0 spiro atoms. The zero-order valence-electron chi connectivity index (χ0n) is 14.1. The highest BCUT2D eigenvalue weighted by Gasteiger charge is 2.28. The molecule has 0 aromatic heterocycles. The molecular formula is C17H23N3O4. The van der Waals surface area contributed by atoms with Gasteiger partial charge in [-0.05, 0) is 5.56 Å². The quantitative estimate of drug-likeness (QED) is 0.758. The van der Waals surface area contributed by atoms with Crippen LogP contribution in [0.3, 0.4) is 0 Å². The number of carbonyl (C=O) groups is 3.